The van der Waals surface area contributed by atoms with Crippen LogP contribution in [0.2, 0.25) is 0 Å². The first kappa shape index (κ1) is 18.3. The van der Waals surface area contributed by atoms with E-state index < -0.39 is 4.92 Å². The quantitative estimate of drug-likeness (QED) is 0.351. The minimum atomic E-state index is -0.434. The number of esters is 1. The Morgan fingerprint density at radius 1 is 1.35 bits per heavy atom. The van der Waals surface area contributed by atoms with Gasteiger partial charge >= 0.3 is 5.97 Å². The number of hydrogen-bond donors (Lipinski definition) is 2. The Hall–Kier alpha value is -2.52. The number of methoxy groups -OCH3 is 1. The van der Waals surface area contributed by atoms with Crippen LogP contribution in [0.25, 0.3) is 0 Å². The number of nitrogens with zero attached hydrogens (tertiary/aromatic N) is 1. The molecule has 9 heteroatoms. The van der Waals surface area contributed by atoms with Crippen LogP contribution in [0.4, 0.5) is 16.4 Å². The van der Waals surface area contributed by atoms with Gasteiger partial charge in [-0.1, -0.05) is 6.07 Å². The Balaban J connectivity index is 1.80. The molecule has 2 aromatic rings. The molecule has 0 amide bonds. The summed E-state index contributed by atoms with van der Waals surface area (Å²) in [5.74, 6) is -0.388. The van der Waals surface area contributed by atoms with Gasteiger partial charge in [-0.15, -0.1) is 11.3 Å². The lowest BCUT2D eigenvalue weighted by atomic mass is 10.1. The van der Waals surface area contributed by atoms with Gasteiger partial charge < -0.3 is 15.4 Å². The number of nitro groups is 1. The molecule has 3 rings (SSSR count). The highest BCUT2D eigenvalue weighted by Gasteiger charge is 2.27. The van der Waals surface area contributed by atoms with Crippen molar-refractivity contribution in [3.05, 3.63) is 49.9 Å². The van der Waals surface area contributed by atoms with Gasteiger partial charge in [0.05, 0.1) is 17.6 Å². The van der Waals surface area contributed by atoms with Gasteiger partial charge in [0.25, 0.3) is 5.69 Å². The van der Waals surface area contributed by atoms with Gasteiger partial charge in [0.2, 0.25) is 0 Å². The fourth-order valence-corrected chi connectivity index (χ4v) is 4.53. The van der Waals surface area contributed by atoms with Crippen molar-refractivity contribution < 1.29 is 14.5 Å². The average molecular weight is 391 g/mol. The van der Waals surface area contributed by atoms with Gasteiger partial charge in [0, 0.05) is 22.2 Å². The molecule has 0 radical (unpaired) electrons. The third-order valence-electron chi connectivity index (χ3n) is 4.20. The zero-order valence-corrected chi connectivity index (χ0v) is 15.9. The maximum atomic E-state index is 12.2. The molecular weight excluding hydrogens is 374 g/mol. The SMILES string of the molecule is COC(=O)c1c(NC(=S)Nc2ccc(C)c([N+](=O)[O-])c2)sc2c1CCC2. The van der Waals surface area contributed by atoms with Crippen molar-refractivity contribution in [2.75, 3.05) is 17.7 Å². The molecule has 2 N–H and O–H groups in total. The summed E-state index contributed by atoms with van der Waals surface area (Å²) in [5.41, 5.74) is 2.65. The van der Waals surface area contributed by atoms with Gasteiger partial charge in [-0.25, -0.2) is 4.79 Å². The molecule has 136 valence electrons. The van der Waals surface area contributed by atoms with Crippen LogP contribution in [0.3, 0.4) is 0 Å². The summed E-state index contributed by atoms with van der Waals surface area (Å²) in [5, 5.41) is 17.9. The summed E-state index contributed by atoms with van der Waals surface area (Å²) < 4.78 is 4.90. The molecule has 0 saturated heterocycles. The highest BCUT2D eigenvalue weighted by atomic mass is 32.1. The highest BCUT2D eigenvalue weighted by Crippen LogP contribution is 2.39. The summed E-state index contributed by atoms with van der Waals surface area (Å²) in [6.07, 6.45) is 2.82. The van der Waals surface area contributed by atoms with Crippen LogP contribution in [0, 0.1) is 17.0 Å². The number of nitrogens with one attached hydrogen (secondary N) is 2. The molecule has 0 bridgehead atoms. The van der Waals surface area contributed by atoms with Gasteiger partial charge in [-0.05, 0) is 50.0 Å². The number of nitro benzene ring substituents is 1. The molecule has 0 atom stereocenters. The Labute approximate surface area is 159 Å². The van der Waals surface area contributed by atoms with Crippen LogP contribution in [-0.2, 0) is 17.6 Å². The van der Waals surface area contributed by atoms with E-state index in [1.54, 1.807) is 19.1 Å². The van der Waals surface area contributed by atoms with E-state index >= 15 is 0 Å². The maximum Gasteiger partial charge on any atom is 0.341 e. The second-order valence-corrected chi connectivity index (χ2v) is 7.40. The van der Waals surface area contributed by atoms with Crippen molar-refractivity contribution in [3.63, 3.8) is 0 Å². The van der Waals surface area contributed by atoms with Crippen LogP contribution in [-0.4, -0.2) is 23.1 Å². The van der Waals surface area contributed by atoms with E-state index in [1.807, 2.05) is 0 Å². The molecule has 1 aromatic carbocycles. The summed E-state index contributed by atoms with van der Waals surface area (Å²) in [4.78, 5) is 24.0. The lowest BCUT2D eigenvalue weighted by Crippen LogP contribution is -2.20. The number of thiophene rings is 1. The maximum absolute atomic E-state index is 12.2. The van der Waals surface area contributed by atoms with E-state index in [0.717, 1.165) is 24.8 Å². The first-order valence-corrected chi connectivity index (χ1v) is 9.19. The molecule has 1 aliphatic rings. The van der Waals surface area contributed by atoms with Crippen molar-refractivity contribution >= 4 is 51.0 Å². The molecule has 1 aliphatic carbocycles. The lowest BCUT2D eigenvalue weighted by molar-refractivity contribution is -0.385. The van der Waals surface area contributed by atoms with Gasteiger partial charge in [0.15, 0.2) is 5.11 Å². The zero-order chi connectivity index (χ0) is 18.8. The molecule has 0 fully saturated rings. The molecule has 0 spiro atoms. The molecule has 0 unspecified atom stereocenters. The van der Waals surface area contributed by atoms with E-state index in [-0.39, 0.29) is 16.8 Å². The first-order valence-electron chi connectivity index (χ1n) is 7.96. The monoisotopic (exact) mass is 391 g/mol. The Bertz CT molecular complexity index is 908. The molecular formula is C17H17N3O4S2. The number of hydrogen-bond acceptors (Lipinski definition) is 6. The van der Waals surface area contributed by atoms with E-state index in [1.165, 1.54) is 29.4 Å². The summed E-state index contributed by atoms with van der Waals surface area (Å²) in [7, 11) is 1.35. The Kier molecular flexibility index (Phi) is 5.19. The average Bonchev–Trinajstić information content (AvgIpc) is 3.16. The number of anilines is 2. The number of carbonyl (C=O) groups is 1. The van der Waals surface area contributed by atoms with Crippen LogP contribution in [0.5, 0.6) is 0 Å². The normalized spacial score (nSPS) is 12.4. The number of fused-ring (bicyclic) bond motifs is 1. The summed E-state index contributed by atoms with van der Waals surface area (Å²) in [6, 6.07) is 4.80. The minimum Gasteiger partial charge on any atom is -0.465 e. The number of benzene rings is 1. The third-order valence-corrected chi connectivity index (χ3v) is 5.61. The Morgan fingerprint density at radius 3 is 2.81 bits per heavy atom. The number of carbonyl (C=O) groups excluding carboxylic acids is 1. The standard InChI is InChI=1S/C17H17N3O4S2/c1-9-6-7-10(8-12(9)20(22)23)18-17(25)19-15-14(16(21)24-2)11-4-3-5-13(11)26-15/h6-8H,3-5H2,1-2H3,(H2,18,19,25). The number of aryl methyl sites for hydroxylation is 2. The van der Waals surface area contributed by atoms with Crippen molar-refractivity contribution in [2.45, 2.75) is 26.2 Å². The van der Waals surface area contributed by atoms with Crippen molar-refractivity contribution in [2.24, 2.45) is 0 Å². The molecule has 1 heterocycles. The van der Waals surface area contributed by atoms with Crippen LogP contribution in [0.15, 0.2) is 18.2 Å². The van der Waals surface area contributed by atoms with Crippen LogP contribution < -0.4 is 10.6 Å². The summed E-state index contributed by atoms with van der Waals surface area (Å²) >= 11 is 6.81. The van der Waals surface area contributed by atoms with Gasteiger partial charge in [0.1, 0.15) is 5.00 Å². The van der Waals surface area contributed by atoms with Gasteiger partial charge in [-0.3, -0.25) is 10.1 Å². The molecule has 26 heavy (non-hydrogen) atoms. The van der Waals surface area contributed by atoms with E-state index in [4.69, 9.17) is 17.0 Å². The second-order valence-electron chi connectivity index (χ2n) is 5.89. The molecule has 0 aliphatic heterocycles. The number of rotatable bonds is 4. The van der Waals surface area contributed by atoms with Gasteiger partial charge in [-0.2, -0.15) is 0 Å². The number of thiocarbonyl (C=S) groups is 1. The van der Waals surface area contributed by atoms with E-state index in [0.29, 0.717) is 21.8 Å². The summed E-state index contributed by atoms with van der Waals surface area (Å²) in [6.45, 7) is 1.67. The van der Waals surface area contributed by atoms with E-state index in [2.05, 4.69) is 10.6 Å². The molecule has 7 nitrogen and oxygen atoms in total. The third kappa shape index (κ3) is 3.54. The fourth-order valence-electron chi connectivity index (χ4n) is 2.96. The van der Waals surface area contributed by atoms with Crippen LogP contribution in [0.1, 0.15) is 32.8 Å². The minimum absolute atomic E-state index is 0.0168. The Morgan fingerprint density at radius 2 is 2.12 bits per heavy atom. The zero-order valence-electron chi connectivity index (χ0n) is 14.3. The van der Waals surface area contributed by atoms with Crippen molar-refractivity contribution in [3.8, 4) is 0 Å². The fraction of sp³-hybridized carbons (Fsp3) is 0.294. The topological polar surface area (TPSA) is 93.5 Å². The second kappa shape index (κ2) is 7.38. The number of ether oxygens (including phenoxy) is 1. The smallest absolute Gasteiger partial charge is 0.341 e. The molecule has 1 aromatic heterocycles. The molecule has 0 saturated carbocycles. The largest absolute Gasteiger partial charge is 0.465 e. The van der Waals surface area contributed by atoms with E-state index in [9.17, 15) is 14.9 Å². The highest BCUT2D eigenvalue weighted by molar-refractivity contribution is 7.80. The van der Waals surface area contributed by atoms with Crippen LogP contribution >= 0.6 is 23.6 Å². The lowest BCUT2D eigenvalue weighted by Gasteiger charge is -2.11. The predicted octanol–water partition coefficient (Wildman–Crippen LogP) is 4.05. The predicted molar refractivity (Wildman–Crippen MR) is 105 cm³/mol. The van der Waals surface area contributed by atoms with Crippen molar-refractivity contribution in [1.82, 2.24) is 0 Å². The first-order chi connectivity index (χ1) is 12.4. The van der Waals surface area contributed by atoms with Crippen molar-refractivity contribution in [1.29, 1.82) is 0 Å².